The summed E-state index contributed by atoms with van der Waals surface area (Å²) in [6.45, 7) is 6.41. The molecule has 0 aliphatic carbocycles. The smallest absolute Gasteiger partial charge is 0.221 e. The van der Waals surface area contributed by atoms with Crippen molar-refractivity contribution in [3.8, 4) is 0 Å². The van der Waals surface area contributed by atoms with Gasteiger partial charge in [0.15, 0.2) is 0 Å². The van der Waals surface area contributed by atoms with Crippen LogP contribution in [0.4, 0.5) is 0 Å². The van der Waals surface area contributed by atoms with E-state index in [0.29, 0.717) is 13.0 Å². The first kappa shape index (κ1) is 13.4. The van der Waals surface area contributed by atoms with E-state index >= 15 is 0 Å². The van der Waals surface area contributed by atoms with Crippen LogP contribution in [0.25, 0.3) is 0 Å². The maximum Gasteiger partial charge on any atom is 0.221 e. The molecule has 0 aromatic rings. The monoisotopic (exact) mass is 202 g/mol. The van der Waals surface area contributed by atoms with Crippen molar-refractivity contribution in [3.63, 3.8) is 0 Å². The van der Waals surface area contributed by atoms with Crippen LogP contribution in [0.15, 0.2) is 0 Å². The Bertz CT molecular complexity index is 172. The molecule has 0 heterocycles. The topological polar surface area (TPSA) is 61.4 Å². The summed E-state index contributed by atoms with van der Waals surface area (Å²) in [6.07, 6.45) is 0.101. The van der Waals surface area contributed by atoms with Gasteiger partial charge < -0.3 is 15.7 Å². The second-order valence-electron chi connectivity index (χ2n) is 4.00. The summed E-state index contributed by atoms with van der Waals surface area (Å²) >= 11 is 0. The van der Waals surface area contributed by atoms with Gasteiger partial charge in [0, 0.05) is 26.1 Å². The number of hydrogen-bond acceptors (Lipinski definition) is 3. The minimum absolute atomic E-state index is 0.0176. The Labute approximate surface area is 86.1 Å². The van der Waals surface area contributed by atoms with Gasteiger partial charge in [-0.25, -0.2) is 0 Å². The number of nitrogens with one attached hydrogen (secondary N) is 2. The lowest BCUT2D eigenvalue weighted by atomic mass is 10.1. The van der Waals surface area contributed by atoms with Gasteiger partial charge in [-0.2, -0.15) is 0 Å². The zero-order valence-electron chi connectivity index (χ0n) is 9.50. The fourth-order valence-corrected chi connectivity index (χ4v) is 1.01. The number of aliphatic hydroxyl groups excluding tert-OH is 1. The van der Waals surface area contributed by atoms with Crippen LogP contribution < -0.4 is 10.6 Å². The summed E-state index contributed by atoms with van der Waals surface area (Å²) in [5, 5.41) is 15.2. The first-order valence-electron chi connectivity index (χ1n) is 5.09. The lowest BCUT2D eigenvalue weighted by Gasteiger charge is -2.18. The highest BCUT2D eigenvalue weighted by Crippen LogP contribution is 2.00. The minimum atomic E-state index is -0.345. The van der Waals surface area contributed by atoms with Gasteiger partial charge in [0.2, 0.25) is 5.91 Å². The van der Waals surface area contributed by atoms with E-state index in [9.17, 15) is 9.90 Å². The van der Waals surface area contributed by atoms with Gasteiger partial charge in [-0.3, -0.25) is 4.79 Å². The van der Waals surface area contributed by atoms with Crippen LogP contribution in [-0.4, -0.2) is 36.8 Å². The van der Waals surface area contributed by atoms with E-state index in [-0.39, 0.29) is 24.0 Å². The zero-order chi connectivity index (χ0) is 11.1. The quantitative estimate of drug-likeness (QED) is 0.573. The largest absolute Gasteiger partial charge is 0.392 e. The average molecular weight is 202 g/mol. The van der Waals surface area contributed by atoms with Crippen molar-refractivity contribution in [2.75, 3.05) is 13.6 Å². The summed E-state index contributed by atoms with van der Waals surface area (Å²) in [4.78, 5) is 11.0. The molecule has 0 aliphatic heterocycles. The second-order valence-corrected chi connectivity index (χ2v) is 4.00. The van der Waals surface area contributed by atoms with Crippen molar-refractivity contribution < 1.29 is 9.90 Å². The van der Waals surface area contributed by atoms with Crippen molar-refractivity contribution >= 4 is 5.91 Å². The number of rotatable bonds is 6. The standard InChI is InChI=1S/C10H22N2O2/c1-7(2)9(13)6-12-8(3)5-10(14)11-4/h7-9,12-13H,5-6H2,1-4H3,(H,11,14). The zero-order valence-corrected chi connectivity index (χ0v) is 9.50. The molecule has 84 valence electrons. The Morgan fingerprint density at radius 2 is 1.93 bits per heavy atom. The van der Waals surface area contributed by atoms with Crippen molar-refractivity contribution in [2.24, 2.45) is 5.92 Å². The number of carbonyl (C=O) groups excluding carboxylic acids is 1. The fourth-order valence-electron chi connectivity index (χ4n) is 1.01. The molecule has 4 heteroatoms. The molecule has 0 aromatic heterocycles. The predicted molar refractivity (Wildman–Crippen MR) is 57.0 cm³/mol. The SMILES string of the molecule is CNC(=O)CC(C)NCC(O)C(C)C. The molecule has 2 unspecified atom stereocenters. The lowest BCUT2D eigenvalue weighted by Crippen LogP contribution is -2.38. The van der Waals surface area contributed by atoms with Crippen molar-refractivity contribution in [1.29, 1.82) is 0 Å². The van der Waals surface area contributed by atoms with Crippen LogP contribution in [0.5, 0.6) is 0 Å². The van der Waals surface area contributed by atoms with Crippen LogP contribution in [0, 0.1) is 5.92 Å². The van der Waals surface area contributed by atoms with Crippen LogP contribution in [0.1, 0.15) is 27.2 Å². The van der Waals surface area contributed by atoms with Crippen LogP contribution in [0.2, 0.25) is 0 Å². The van der Waals surface area contributed by atoms with Crippen molar-refractivity contribution in [2.45, 2.75) is 39.3 Å². The summed E-state index contributed by atoms with van der Waals surface area (Å²) < 4.78 is 0. The van der Waals surface area contributed by atoms with E-state index < -0.39 is 0 Å². The summed E-state index contributed by atoms with van der Waals surface area (Å²) in [5.41, 5.74) is 0. The molecule has 0 spiro atoms. The molecule has 1 amide bonds. The third-order valence-electron chi connectivity index (χ3n) is 2.22. The molecular weight excluding hydrogens is 180 g/mol. The maximum absolute atomic E-state index is 11.0. The van der Waals surface area contributed by atoms with Gasteiger partial charge in [0.1, 0.15) is 0 Å². The number of carbonyl (C=O) groups is 1. The molecule has 0 bridgehead atoms. The van der Waals surface area contributed by atoms with Crippen molar-refractivity contribution in [3.05, 3.63) is 0 Å². The summed E-state index contributed by atoms with van der Waals surface area (Å²) in [6, 6.07) is 0.100. The van der Waals surface area contributed by atoms with Gasteiger partial charge >= 0.3 is 0 Å². The summed E-state index contributed by atoms with van der Waals surface area (Å²) in [7, 11) is 1.62. The third-order valence-corrected chi connectivity index (χ3v) is 2.22. The molecule has 2 atom stereocenters. The second kappa shape index (κ2) is 6.79. The molecule has 4 nitrogen and oxygen atoms in total. The minimum Gasteiger partial charge on any atom is -0.392 e. The Balaban J connectivity index is 3.63. The molecule has 0 aliphatic rings. The van der Waals surface area contributed by atoms with E-state index in [1.165, 1.54) is 0 Å². The lowest BCUT2D eigenvalue weighted by molar-refractivity contribution is -0.121. The third kappa shape index (κ3) is 5.94. The number of aliphatic hydroxyl groups is 1. The van der Waals surface area contributed by atoms with E-state index in [0.717, 1.165) is 0 Å². The Hall–Kier alpha value is -0.610. The fraction of sp³-hybridized carbons (Fsp3) is 0.900. The molecule has 3 N–H and O–H groups in total. The highest BCUT2D eigenvalue weighted by Gasteiger charge is 2.12. The van der Waals surface area contributed by atoms with Gasteiger partial charge in [0.25, 0.3) is 0 Å². The average Bonchev–Trinajstić information content (AvgIpc) is 2.13. The van der Waals surface area contributed by atoms with E-state index in [4.69, 9.17) is 0 Å². The Morgan fingerprint density at radius 3 is 2.36 bits per heavy atom. The first-order valence-corrected chi connectivity index (χ1v) is 5.09. The van der Waals surface area contributed by atoms with E-state index in [1.807, 2.05) is 20.8 Å². The Morgan fingerprint density at radius 1 is 1.36 bits per heavy atom. The predicted octanol–water partition coefficient (Wildman–Crippen LogP) is 0.118. The first-order chi connectivity index (χ1) is 6.47. The molecule has 14 heavy (non-hydrogen) atoms. The highest BCUT2D eigenvalue weighted by molar-refractivity contribution is 5.76. The normalized spacial score (nSPS) is 15.3. The van der Waals surface area contributed by atoms with Crippen LogP contribution in [-0.2, 0) is 4.79 Å². The molecule has 0 saturated heterocycles. The van der Waals surface area contributed by atoms with E-state index in [1.54, 1.807) is 7.05 Å². The number of amides is 1. The molecule has 0 aromatic carbocycles. The van der Waals surface area contributed by atoms with E-state index in [2.05, 4.69) is 10.6 Å². The summed E-state index contributed by atoms with van der Waals surface area (Å²) in [5.74, 6) is 0.263. The van der Waals surface area contributed by atoms with Crippen LogP contribution >= 0.6 is 0 Å². The van der Waals surface area contributed by atoms with Crippen molar-refractivity contribution in [1.82, 2.24) is 10.6 Å². The Kier molecular flexibility index (Phi) is 6.49. The van der Waals surface area contributed by atoms with Gasteiger partial charge in [0.05, 0.1) is 6.10 Å². The van der Waals surface area contributed by atoms with Crippen LogP contribution in [0.3, 0.4) is 0 Å². The van der Waals surface area contributed by atoms with Gasteiger partial charge in [-0.1, -0.05) is 13.8 Å². The van der Waals surface area contributed by atoms with Gasteiger partial charge in [-0.15, -0.1) is 0 Å². The van der Waals surface area contributed by atoms with Gasteiger partial charge in [-0.05, 0) is 12.8 Å². The molecular formula is C10H22N2O2. The molecule has 0 rings (SSSR count). The number of hydrogen-bond donors (Lipinski definition) is 3. The molecule has 0 radical (unpaired) electrons. The molecule has 0 saturated carbocycles. The molecule has 0 fully saturated rings. The maximum atomic E-state index is 11.0. The highest BCUT2D eigenvalue weighted by atomic mass is 16.3.